The Bertz CT molecular complexity index is 556. The molecule has 0 bridgehead atoms. The lowest BCUT2D eigenvalue weighted by atomic mass is 10.1. The van der Waals surface area contributed by atoms with Crippen LogP contribution in [0.15, 0.2) is 23.2 Å². The van der Waals surface area contributed by atoms with E-state index < -0.39 is 0 Å². The molecule has 6 heteroatoms. The van der Waals surface area contributed by atoms with Gasteiger partial charge in [0, 0.05) is 39.1 Å². The molecule has 0 aromatic heterocycles. The lowest BCUT2D eigenvalue weighted by Gasteiger charge is -2.26. The van der Waals surface area contributed by atoms with Gasteiger partial charge in [-0.3, -0.25) is 9.89 Å². The normalized spacial score (nSPS) is 18.2. The van der Waals surface area contributed by atoms with Gasteiger partial charge < -0.3 is 20.5 Å². The molecule has 2 aliphatic heterocycles. The number of hydrogen-bond acceptors (Lipinski definition) is 4. The number of nitrogens with one attached hydrogen (secondary N) is 1. The number of nitrogens with two attached hydrogens (primary N) is 1. The molecule has 1 aromatic carbocycles. The van der Waals surface area contributed by atoms with Gasteiger partial charge in [-0.25, -0.2) is 0 Å². The smallest absolute Gasteiger partial charge is 0.188 e. The fraction of sp³-hybridized carbons (Fsp3) is 0.611. The third-order valence-corrected chi connectivity index (χ3v) is 4.49. The van der Waals surface area contributed by atoms with Gasteiger partial charge in [0.25, 0.3) is 0 Å². The highest BCUT2D eigenvalue weighted by Crippen LogP contribution is 2.25. The molecule has 1 fully saturated rings. The molecule has 2 heterocycles. The van der Waals surface area contributed by atoms with E-state index >= 15 is 0 Å². The van der Waals surface area contributed by atoms with Crippen LogP contribution in [0.2, 0.25) is 0 Å². The fourth-order valence-electron chi connectivity index (χ4n) is 3.10. The Kier molecular flexibility index (Phi) is 6.32. The SMILES string of the molecule is NC(=NCCCN1CCOCC1)NCCc1ccc2c(c1)CCO2. The summed E-state index contributed by atoms with van der Waals surface area (Å²) in [6.07, 6.45) is 2.99. The summed E-state index contributed by atoms with van der Waals surface area (Å²) in [6, 6.07) is 6.43. The van der Waals surface area contributed by atoms with Gasteiger partial charge in [-0.15, -0.1) is 0 Å². The van der Waals surface area contributed by atoms with Crippen molar-refractivity contribution in [3.8, 4) is 5.75 Å². The fourth-order valence-corrected chi connectivity index (χ4v) is 3.10. The van der Waals surface area contributed by atoms with Crippen LogP contribution in [0.4, 0.5) is 0 Å². The van der Waals surface area contributed by atoms with Crippen LogP contribution >= 0.6 is 0 Å². The Morgan fingerprint density at radius 1 is 1.25 bits per heavy atom. The zero-order valence-electron chi connectivity index (χ0n) is 14.3. The molecule has 3 rings (SSSR count). The van der Waals surface area contributed by atoms with E-state index in [-0.39, 0.29) is 0 Å². The number of fused-ring (bicyclic) bond motifs is 1. The molecule has 0 radical (unpaired) electrons. The molecule has 0 aliphatic carbocycles. The Hall–Kier alpha value is -1.79. The van der Waals surface area contributed by atoms with E-state index in [9.17, 15) is 0 Å². The van der Waals surface area contributed by atoms with Gasteiger partial charge in [0.05, 0.1) is 19.8 Å². The van der Waals surface area contributed by atoms with Gasteiger partial charge in [0.15, 0.2) is 5.96 Å². The second-order valence-electron chi connectivity index (χ2n) is 6.29. The van der Waals surface area contributed by atoms with E-state index in [0.29, 0.717) is 5.96 Å². The first-order valence-electron chi connectivity index (χ1n) is 8.90. The molecule has 1 aromatic rings. The molecule has 0 amide bonds. The summed E-state index contributed by atoms with van der Waals surface area (Å²) < 4.78 is 10.9. The van der Waals surface area contributed by atoms with Crippen LogP contribution < -0.4 is 15.8 Å². The van der Waals surface area contributed by atoms with E-state index in [0.717, 1.165) is 77.6 Å². The molecular weight excluding hydrogens is 304 g/mol. The van der Waals surface area contributed by atoms with Gasteiger partial charge in [0.2, 0.25) is 0 Å². The number of ether oxygens (including phenoxy) is 2. The molecule has 1 saturated heterocycles. The van der Waals surface area contributed by atoms with Gasteiger partial charge in [-0.2, -0.15) is 0 Å². The number of nitrogens with zero attached hydrogens (tertiary/aromatic N) is 2. The number of aliphatic imine (C=N–C) groups is 1. The quantitative estimate of drug-likeness (QED) is 0.439. The number of rotatable bonds is 7. The molecule has 24 heavy (non-hydrogen) atoms. The minimum absolute atomic E-state index is 0.543. The lowest BCUT2D eigenvalue weighted by molar-refractivity contribution is 0.0377. The highest BCUT2D eigenvalue weighted by atomic mass is 16.5. The van der Waals surface area contributed by atoms with Crippen LogP contribution in [0.5, 0.6) is 5.75 Å². The second kappa shape index (κ2) is 8.89. The van der Waals surface area contributed by atoms with Gasteiger partial charge in [-0.1, -0.05) is 12.1 Å². The van der Waals surface area contributed by atoms with Crippen LogP contribution in [0.25, 0.3) is 0 Å². The zero-order valence-corrected chi connectivity index (χ0v) is 14.3. The first-order valence-corrected chi connectivity index (χ1v) is 8.90. The van der Waals surface area contributed by atoms with Crippen molar-refractivity contribution in [2.45, 2.75) is 19.3 Å². The second-order valence-corrected chi connectivity index (χ2v) is 6.29. The van der Waals surface area contributed by atoms with E-state index in [1.54, 1.807) is 0 Å². The van der Waals surface area contributed by atoms with E-state index in [1.165, 1.54) is 11.1 Å². The first-order chi connectivity index (χ1) is 11.8. The molecule has 6 nitrogen and oxygen atoms in total. The van der Waals surface area contributed by atoms with Crippen molar-refractivity contribution in [1.82, 2.24) is 10.2 Å². The predicted octanol–water partition coefficient (Wildman–Crippen LogP) is 0.791. The summed E-state index contributed by atoms with van der Waals surface area (Å²) in [5, 5.41) is 3.20. The molecule has 0 spiro atoms. The standard InChI is InChI=1S/C18H28N4O2/c19-18(20-6-1-8-22-9-12-23-13-10-22)21-7-4-15-2-3-17-16(14-15)5-11-24-17/h2-3,14H,1,4-13H2,(H3,19,20,21). The Morgan fingerprint density at radius 2 is 2.12 bits per heavy atom. The average molecular weight is 332 g/mol. The largest absolute Gasteiger partial charge is 0.493 e. The lowest BCUT2D eigenvalue weighted by Crippen LogP contribution is -2.37. The van der Waals surface area contributed by atoms with Crippen LogP contribution in [0.1, 0.15) is 17.5 Å². The van der Waals surface area contributed by atoms with Crippen molar-refractivity contribution in [2.75, 3.05) is 52.5 Å². The predicted molar refractivity (Wildman–Crippen MR) is 95.7 cm³/mol. The molecule has 132 valence electrons. The van der Waals surface area contributed by atoms with E-state index in [2.05, 4.69) is 33.4 Å². The average Bonchev–Trinajstić information content (AvgIpc) is 3.07. The summed E-state index contributed by atoms with van der Waals surface area (Å²) in [7, 11) is 0. The summed E-state index contributed by atoms with van der Waals surface area (Å²) >= 11 is 0. The van der Waals surface area contributed by atoms with Crippen molar-refractivity contribution < 1.29 is 9.47 Å². The maximum absolute atomic E-state index is 5.93. The summed E-state index contributed by atoms with van der Waals surface area (Å²) in [4.78, 5) is 6.82. The van der Waals surface area contributed by atoms with Crippen molar-refractivity contribution in [2.24, 2.45) is 10.7 Å². The number of morpholine rings is 1. The first kappa shape index (κ1) is 17.0. The molecule has 2 aliphatic rings. The van der Waals surface area contributed by atoms with Gasteiger partial charge >= 0.3 is 0 Å². The van der Waals surface area contributed by atoms with Crippen molar-refractivity contribution >= 4 is 5.96 Å². The van der Waals surface area contributed by atoms with Crippen LogP contribution in [-0.2, 0) is 17.6 Å². The summed E-state index contributed by atoms with van der Waals surface area (Å²) in [5.74, 6) is 1.58. The maximum atomic E-state index is 5.93. The molecule has 0 atom stereocenters. The number of guanidine groups is 1. The minimum Gasteiger partial charge on any atom is -0.493 e. The summed E-state index contributed by atoms with van der Waals surface area (Å²) in [5.41, 5.74) is 8.56. The maximum Gasteiger partial charge on any atom is 0.188 e. The molecule has 0 unspecified atom stereocenters. The number of benzene rings is 1. The monoisotopic (exact) mass is 332 g/mol. The molecule has 0 saturated carbocycles. The minimum atomic E-state index is 0.543. The highest BCUT2D eigenvalue weighted by molar-refractivity contribution is 5.77. The van der Waals surface area contributed by atoms with Gasteiger partial charge in [-0.05, 0) is 30.0 Å². The zero-order chi connectivity index (χ0) is 16.6. The van der Waals surface area contributed by atoms with Crippen molar-refractivity contribution in [1.29, 1.82) is 0 Å². The molecule has 3 N–H and O–H groups in total. The molecular formula is C18H28N4O2. The topological polar surface area (TPSA) is 72.1 Å². The van der Waals surface area contributed by atoms with Crippen molar-refractivity contribution in [3.05, 3.63) is 29.3 Å². The van der Waals surface area contributed by atoms with Crippen LogP contribution in [0, 0.1) is 0 Å². The van der Waals surface area contributed by atoms with E-state index in [4.69, 9.17) is 15.2 Å². The van der Waals surface area contributed by atoms with E-state index in [1.807, 2.05) is 0 Å². The van der Waals surface area contributed by atoms with Crippen LogP contribution in [-0.4, -0.2) is 63.4 Å². The third kappa shape index (κ3) is 5.11. The number of hydrogen-bond donors (Lipinski definition) is 2. The Morgan fingerprint density at radius 3 is 3.00 bits per heavy atom. The summed E-state index contributed by atoms with van der Waals surface area (Å²) in [6.45, 7) is 7.21. The van der Waals surface area contributed by atoms with Crippen LogP contribution in [0.3, 0.4) is 0 Å². The Labute approximate surface area is 144 Å². The highest BCUT2D eigenvalue weighted by Gasteiger charge is 2.11. The Balaban J connectivity index is 1.31. The van der Waals surface area contributed by atoms with Gasteiger partial charge in [0.1, 0.15) is 5.75 Å². The van der Waals surface area contributed by atoms with Crippen molar-refractivity contribution in [3.63, 3.8) is 0 Å². The third-order valence-electron chi connectivity index (χ3n) is 4.49.